The predicted octanol–water partition coefficient (Wildman–Crippen LogP) is -1.88. The Kier molecular flexibility index (Phi) is 3.16. The average molecular weight is 256 g/mol. The lowest BCUT2D eigenvalue weighted by atomic mass is 10.2. The van der Waals surface area contributed by atoms with Gasteiger partial charge in [0.2, 0.25) is 0 Å². The van der Waals surface area contributed by atoms with Gasteiger partial charge in [0.05, 0.1) is 18.3 Å². The molecule has 0 aliphatic carbocycles. The Morgan fingerprint density at radius 2 is 2.33 bits per heavy atom. The molecule has 1 aromatic heterocycles. The Hall–Kier alpha value is -1.77. The highest BCUT2D eigenvalue weighted by Gasteiger charge is 2.41. The summed E-state index contributed by atoms with van der Waals surface area (Å²) in [5.41, 5.74) is -2.00. The quantitative estimate of drug-likeness (QED) is 0.544. The number of aromatic nitrogens is 2. The number of aldehydes is 1. The third-order valence-electron chi connectivity index (χ3n) is 2.82. The summed E-state index contributed by atoms with van der Waals surface area (Å²) in [6.45, 7) is -0.291. The number of ether oxygens (including phenoxy) is 1. The second kappa shape index (κ2) is 4.48. The molecule has 1 fully saturated rings. The highest BCUT2D eigenvalue weighted by atomic mass is 16.7. The van der Waals surface area contributed by atoms with Crippen LogP contribution < -0.4 is 11.2 Å². The maximum atomic E-state index is 11.6. The van der Waals surface area contributed by atoms with Crippen molar-refractivity contribution in [2.24, 2.45) is 0 Å². The molecule has 0 unspecified atom stereocenters. The highest BCUT2D eigenvalue weighted by molar-refractivity contribution is 5.73. The fraction of sp³-hybridized carbons (Fsp3) is 0.500. The van der Waals surface area contributed by atoms with Crippen LogP contribution >= 0.6 is 0 Å². The van der Waals surface area contributed by atoms with Crippen LogP contribution in [0.2, 0.25) is 0 Å². The number of aliphatic hydroxyl groups excluding tert-OH is 1. The molecule has 1 aromatic rings. The van der Waals surface area contributed by atoms with Crippen LogP contribution in [0.3, 0.4) is 0 Å². The number of H-pyrrole nitrogens is 1. The molecule has 0 saturated carbocycles. The highest BCUT2D eigenvalue weighted by Crippen LogP contribution is 2.30. The van der Waals surface area contributed by atoms with Gasteiger partial charge < -0.3 is 14.9 Å². The van der Waals surface area contributed by atoms with Crippen molar-refractivity contribution in [1.29, 1.82) is 0 Å². The fourth-order valence-electron chi connectivity index (χ4n) is 1.87. The lowest BCUT2D eigenvalue weighted by Gasteiger charge is -2.24. The maximum absolute atomic E-state index is 11.6. The van der Waals surface area contributed by atoms with Crippen LogP contribution in [0, 0.1) is 0 Å². The van der Waals surface area contributed by atoms with Gasteiger partial charge in [-0.05, 0) is 6.42 Å². The number of carbonyl (C=O) groups is 1. The molecule has 1 aliphatic heterocycles. The summed E-state index contributed by atoms with van der Waals surface area (Å²) in [4.78, 5) is 35.3. The normalized spacial score (nSPS) is 27.3. The summed E-state index contributed by atoms with van der Waals surface area (Å²) in [5, 5.41) is 19.1. The standard InChI is InChI=1S/C10H12N2O6/c13-4-6-3-12(9(16)11-8(6)15)10(17)2-1-7(5-14)18-10/h3-4,7,14,17H,1-2,5H2,(H,11,15,16)/t7-,10-/m1/s1. The molecular weight excluding hydrogens is 244 g/mol. The van der Waals surface area contributed by atoms with Crippen molar-refractivity contribution in [2.45, 2.75) is 24.9 Å². The van der Waals surface area contributed by atoms with Crippen molar-refractivity contribution in [3.63, 3.8) is 0 Å². The molecule has 0 spiro atoms. The van der Waals surface area contributed by atoms with E-state index in [2.05, 4.69) is 0 Å². The van der Waals surface area contributed by atoms with Crippen molar-refractivity contribution >= 4 is 6.29 Å². The molecule has 0 bridgehead atoms. The van der Waals surface area contributed by atoms with E-state index in [1.807, 2.05) is 4.98 Å². The van der Waals surface area contributed by atoms with E-state index in [-0.39, 0.29) is 24.9 Å². The van der Waals surface area contributed by atoms with Crippen molar-refractivity contribution < 1.29 is 19.7 Å². The number of nitrogens with one attached hydrogen (secondary N) is 1. The van der Waals surface area contributed by atoms with Gasteiger partial charge in [-0.1, -0.05) is 0 Å². The minimum Gasteiger partial charge on any atom is -0.394 e. The van der Waals surface area contributed by atoms with E-state index in [1.165, 1.54) is 0 Å². The van der Waals surface area contributed by atoms with Gasteiger partial charge >= 0.3 is 5.69 Å². The zero-order valence-electron chi connectivity index (χ0n) is 9.33. The number of nitrogens with zero attached hydrogens (tertiary/aromatic N) is 1. The van der Waals surface area contributed by atoms with Crippen LogP contribution in [0.5, 0.6) is 0 Å². The molecule has 2 atom stereocenters. The zero-order valence-corrected chi connectivity index (χ0v) is 9.33. The molecule has 0 amide bonds. The smallest absolute Gasteiger partial charge is 0.332 e. The van der Waals surface area contributed by atoms with Gasteiger partial charge in [-0.3, -0.25) is 14.6 Å². The predicted molar refractivity (Wildman–Crippen MR) is 58.1 cm³/mol. The molecule has 8 heteroatoms. The van der Waals surface area contributed by atoms with Crippen LogP contribution in [0.1, 0.15) is 23.2 Å². The topological polar surface area (TPSA) is 122 Å². The van der Waals surface area contributed by atoms with E-state index < -0.39 is 23.3 Å². The summed E-state index contributed by atoms with van der Waals surface area (Å²) < 4.78 is 5.88. The Balaban J connectivity index is 2.48. The molecule has 8 nitrogen and oxygen atoms in total. The maximum Gasteiger partial charge on any atom is 0.332 e. The summed E-state index contributed by atoms with van der Waals surface area (Å²) in [5.74, 6) is -1.95. The van der Waals surface area contributed by atoms with E-state index in [0.29, 0.717) is 6.42 Å². The summed E-state index contributed by atoms with van der Waals surface area (Å²) in [6.07, 6.45) is 1.05. The second-order valence-electron chi connectivity index (χ2n) is 4.04. The van der Waals surface area contributed by atoms with E-state index in [4.69, 9.17) is 9.84 Å². The minimum absolute atomic E-state index is 0.0719. The van der Waals surface area contributed by atoms with Gasteiger partial charge in [-0.2, -0.15) is 0 Å². The first-order valence-corrected chi connectivity index (χ1v) is 5.33. The molecule has 3 N–H and O–H groups in total. The van der Waals surface area contributed by atoms with Crippen LogP contribution in [-0.4, -0.2) is 38.8 Å². The summed E-state index contributed by atoms with van der Waals surface area (Å²) in [6, 6.07) is 0. The number of aromatic amines is 1. The number of rotatable bonds is 3. The third kappa shape index (κ3) is 2.01. The SMILES string of the molecule is O=Cc1cn([C@@]2(O)CC[C@H](CO)O2)c(=O)[nH]c1=O. The molecule has 2 rings (SSSR count). The Labute approximate surface area is 100 Å². The number of hydrogen-bond acceptors (Lipinski definition) is 6. The fourth-order valence-corrected chi connectivity index (χ4v) is 1.87. The van der Waals surface area contributed by atoms with Crippen molar-refractivity contribution in [3.05, 3.63) is 32.6 Å². The van der Waals surface area contributed by atoms with E-state index >= 15 is 0 Å². The van der Waals surface area contributed by atoms with Gasteiger partial charge in [-0.25, -0.2) is 9.36 Å². The third-order valence-corrected chi connectivity index (χ3v) is 2.82. The van der Waals surface area contributed by atoms with E-state index in [1.54, 1.807) is 0 Å². The monoisotopic (exact) mass is 256 g/mol. The lowest BCUT2D eigenvalue weighted by molar-refractivity contribution is -0.258. The largest absolute Gasteiger partial charge is 0.394 e. The number of carbonyl (C=O) groups excluding carboxylic acids is 1. The Morgan fingerprint density at radius 1 is 1.61 bits per heavy atom. The van der Waals surface area contributed by atoms with Crippen LogP contribution in [0.4, 0.5) is 0 Å². The van der Waals surface area contributed by atoms with Gasteiger partial charge in [-0.15, -0.1) is 0 Å². The second-order valence-corrected chi connectivity index (χ2v) is 4.04. The molecule has 2 heterocycles. The van der Waals surface area contributed by atoms with Crippen LogP contribution in [0.25, 0.3) is 0 Å². The Morgan fingerprint density at radius 3 is 2.89 bits per heavy atom. The lowest BCUT2D eigenvalue weighted by Crippen LogP contribution is -2.45. The number of hydrogen-bond donors (Lipinski definition) is 3. The number of aliphatic hydroxyl groups is 2. The summed E-state index contributed by atoms with van der Waals surface area (Å²) in [7, 11) is 0. The van der Waals surface area contributed by atoms with Gasteiger partial charge in [0.1, 0.15) is 0 Å². The average Bonchev–Trinajstić information content (AvgIpc) is 2.72. The van der Waals surface area contributed by atoms with Crippen LogP contribution in [-0.2, 0) is 10.6 Å². The summed E-state index contributed by atoms with van der Waals surface area (Å²) >= 11 is 0. The molecule has 0 radical (unpaired) electrons. The van der Waals surface area contributed by atoms with E-state index in [9.17, 15) is 19.5 Å². The molecule has 0 aromatic carbocycles. The van der Waals surface area contributed by atoms with Crippen molar-refractivity contribution in [1.82, 2.24) is 9.55 Å². The van der Waals surface area contributed by atoms with Crippen molar-refractivity contribution in [2.75, 3.05) is 6.61 Å². The first-order chi connectivity index (χ1) is 8.50. The zero-order chi connectivity index (χ0) is 13.3. The molecule has 98 valence electrons. The van der Waals surface area contributed by atoms with Crippen LogP contribution in [0.15, 0.2) is 15.8 Å². The first-order valence-electron chi connectivity index (χ1n) is 5.33. The van der Waals surface area contributed by atoms with Crippen molar-refractivity contribution in [3.8, 4) is 0 Å². The molecule has 1 aliphatic rings. The van der Waals surface area contributed by atoms with Gasteiger partial charge in [0, 0.05) is 12.6 Å². The Bertz CT molecular complexity index is 576. The molecule has 18 heavy (non-hydrogen) atoms. The van der Waals surface area contributed by atoms with E-state index in [0.717, 1.165) is 10.8 Å². The van der Waals surface area contributed by atoms with Gasteiger partial charge in [0.25, 0.3) is 11.5 Å². The minimum atomic E-state index is -1.95. The van der Waals surface area contributed by atoms with Gasteiger partial charge in [0.15, 0.2) is 6.29 Å². The molecular formula is C10H12N2O6. The first kappa shape index (κ1) is 12.7. The molecule has 1 saturated heterocycles.